The minimum Gasteiger partial charge on any atom is -0.391 e. The molecule has 3 heterocycles. The van der Waals surface area contributed by atoms with E-state index in [9.17, 15) is 14.7 Å². The Morgan fingerprint density at radius 3 is 2.62 bits per heavy atom. The zero-order valence-electron chi connectivity index (χ0n) is 16.1. The zero-order chi connectivity index (χ0) is 20.0. The van der Waals surface area contributed by atoms with Gasteiger partial charge < -0.3 is 15.0 Å². The van der Waals surface area contributed by atoms with Gasteiger partial charge >= 0.3 is 0 Å². The predicted octanol–water partition coefficient (Wildman–Crippen LogP) is 2.77. The minimum absolute atomic E-state index is 0.0839. The van der Waals surface area contributed by atoms with Crippen LogP contribution in [0.5, 0.6) is 0 Å². The summed E-state index contributed by atoms with van der Waals surface area (Å²) in [5.41, 5.74) is 3.07. The number of fused-ring (bicyclic) bond motifs is 3. The smallest absolute Gasteiger partial charge is 0.273 e. The number of carbonyl (C=O) groups excluding carboxylic acids is 1. The lowest BCUT2D eigenvalue weighted by Crippen LogP contribution is -2.45. The van der Waals surface area contributed by atoms with E-state index in [0.717, 1.165) is 53.3 Å². The molecule has 5 rings (SSSR count). The van der Waals surface area contributed by atoms with Crippen molar-refractivity contribution < 1.29 is 9.90 Å². The molecule has 148 valence electrons. The van der Waals surface area contributed by atoms with E-state index in [2.05, 4.69) is 4.98 Å². The first-order chi connectivity index (χ1) is 14.1. The molecule has 29 heavy (non-hydrogen) atoms. The van der Waals surface area contributed by atoms with Gasteiger partial charge in [-0.05, 0) is 23.8 Å². The standard InChI is InChI=1S/C23H23N3O3/c27-20-8-4-3-7-19(20)26-13-17-15-5-1-2-6-16(15)18(25-22(17)23(26)29)11-14-9-10-21(28)24-12-14/h1-2,5-6,9-10,12,19-20,27H,3-4,7-8,11,13H2,(H,24,28)/t19-,20-/m0/s1. The fourth-order valence-corrected chi connectivity index (χ4v) is 4.71. The molecule has 6 heteroatoms. The number of rotatable bonds is 3. The highest BCUT2D eigenvalue weighted by atomic mass is 16.3. The number of aromatic amines is 1. The van der Waals surface area contributed by atoms with Crippen LogP contribution in [-0.2, 0) is 13.0 Å². The topological polar surface area (TPSA) is 86.3 Å². The molecular formula is C23H23N3O3. The highest BCUT2D eigenvalue weighted by molar-refractivity contribution is 6.03. The lowest BCUT2D eigenvalue weighted by atomic mass is 9.91. The summed E-state index contributed by atoms with van der Waals surface area (Å²) in [7, 11) is 0. The molecule has 2 aliphatic rings. The number of aliphatic hydroxyl groups excluding tert-OH is 1. The molecular weight excluding hydrogens is 366 g/mol. The van der Waals surface area contributed by atoms with Crippen LogP contribution in [0.15, 0.2) is 47.4 Å². The number of carbonyl (C=O) groups is 1. The predicted molar refractivity (Wildman–Crippen MR) is 110 cm³/mol. The second-order valence-electron chi connectivity index (χ2n) is 8.02. The number of nitrogens with zero attached hydrogens (tertiary/aromatic N) is 2. The van der Waals surface area contributed by atoms with Crippen molar-refractivity contribution in [3.63, 3.8) is 0 Å². The van der Waals surface area contributed by atoms with Crippen molar-refractivity contribution in [1.29, 1.82) is 0 Å². The number of nitrogens with one attached hydrogen (secondary N) is 1. The molecule has 1 amide bonds. The van der Waals surface area contributed by atoms with Crippen LogP contribution in [0.2, 0.25) is 0 Å². The molecule has 1 saturated carbocycles. The van der Waals surface area contributed by atoms with Crippen molar-refractivity contribution in [2.24, 2.45) is 0 Å². The lowest BCUT2D eigenvalue weighted by Gasteiger charge is -2.34. The maximum atomic E-state index is 13.2. The van der Waals surface area contributed by atoms with E-state index in [-0.39, 0.29) is 17.5 Å². The van der Waals surface area contributed by atoms with Gasteiger partial charge in [0, 0.05) is 36.2 Å². The number of benzene rings is 1. The Balaban J connectivity index is 1.57. The molecule has 1 aliphatic carbocycles. The van der Waals surface area contributed by atoms with Crippen LogP contribution >= 0.6 is 0 Å². The Kier molecular flexibility index (Phi) is 4.43. The first kappa shape index (κ1) is 18.1. The van der Waals surface area contributed by atoms with Crippen molar-refractivity contribution >= 4 is 16.7 Å². The van der Waals surface area contributed by atoms with Gasteiger partial charge in [-0.25, -0.2) is 4.98 Å². The number of pyridine rings is 2. The normalized spacial score (nSPS) is 21.6. The van der Waals surface area contributed by atoms with Crippen LogP contribution in [0.1, 0.15) is 53.0 Å². The molecule has 3 aromatic rings. The highest BCUT2D eigenvalue weighted by Gasteiger charge is 2.39. The number of H-pyrrole nitrogens is 1. The molecule has 1 aromatic carbocycles. The van der Waals surface area contributed by atoms with Gasteiger partial charge in [0.25, 0.3) is 5.91 Å². The summed E-state index contributed by atoms with van der Waals surface area (Å²) in [5.74, 6) is -0.0839. The van der Waals surface area contributed by atoms with Crippen molar-refractivity contribution in [1.82, 2.24) is 14.9 Å². The van der Waals surface area contributed by atoms with Crippen LogP contribution in [-0.4, -0.2) is 38.0 Å². The molecule has 0 saturated heterocycles. The third kappa shape index (κ3) is 3.13. The number of amides is 1. The average molecular weight is 389 g/mol. The van der Waals surface area contributed by atoms with Gasteiger partial charge in [-0.15, -0.1) is 0 Å². The van der Waals surface area contributed by atoms with Crippen LogP contribution in [0.25, 0.3) is 10.8 Å². The summed E-state index contributed by atoms with van der Waals surface area (Å²) in [4.78, 5) is 33.9. The molecule has 0 radical (unpaired) electrons. The second-order valence-corrected chi connectivity index (χ2v) is 8.02. The maximum Gasteiger partial charge on any atom is 0.273 e. The van der Waals surface area contributed by atoms with Crippen molar-refractivity contribution in [2.75, 3.05) is 0 Å². The first-order valence-corrected chi connectivity index (χ1v) is 10.2. The van der Waals surface area contributed by atoms with Gasteiger partial charge in [0.15, 0.2) is 0 Å². The summed E-state index contributed by atoms with van der Waals surface area (Å²) in [6.07, 6.45) is 5.39. The molecule has 2 N–H and O–H groups in total. The van der Waals surface area contributed by atoms with Crippen molar-refractivity contribution in [3.05, 3.63) is 75.5 Å². The molecule has 0 spiro atoms. The van der Waals surface area contributed by atoms with Gasteiger partial charge in [-0.1, -0.05) is 43.2 Å². The first-order valence-electron chi connectivity index (χ1n) is 10.2. The van der Waals surface area contributed by atoms with Crippen molar-refractivity contribution in [3.8, 4) is 0 Å². The molecule has 1 aliphatic heterocycles. The van der Waals surface area contributed by atoms with Crippen LogP contribution < -0.4 is 5.56 Å². The van der Waals surface area contributed by atoms with Crippen LogP contribution in [0.3, 0.4) is 0 Å². The quantitative estimate of drug-likeness (QED) is 0.721. The molecule has 0 bridgehead atoms. The lowest BCUT2D eigenvalue weighted by molar-refractivity contribution is 0.0190. The molecule has 2 aromatic heterocycles. The zero-order valence-corrected chi connectivity index (χ0v) is 16.1. The number of aromatic nitrogens is 2. The van der Waals surface area contributed by atoms with E-state index in [1.54, 1.807) is 12.3 Å². The molecule has 2 atom stereocenters. The van der Waals surface area contributed by atoms with E-state index in [4.69, 9.17) is 4.98 Å². The Bertz CT molecular complexity index is 1130. The summed E-state index contributed by atoms with van der Waals surface area (Å²) in [6, 6.07) is 11.2. The number of hydrogen-bond acceptors (Lipinski definition) is 4. The second kappa shape index (κ2) is 7.12. The summed E-state index contributed by atoms with van der Waals surface area (Å²) < 4.78 is 0. The van der Waals surface area contributed by atoms with E-state index < -0.39 is 6.10 Å². The third-order valence-electron chi connectivity index (χ3n) is 6.20. The maximum absolute atomic E-state index is 13.2. The Morgan fingerprint density at radius 2 is 1.86 bits per heavy atom. The fourth-order valence-electron chi connectivity index (χ4n) is 4.71. The van der Waals surface area contributed by atoms with Gasteiger partial charge in [0.05, 0.1) is 17.8 Å². The largest absolute Gasteiger partial charge is 0.391 e. The molecule has 1 fully saturated rings. The van der Waals surface area contributed by atoms with Gasteiger partial charge in [0.1, 0.15) is 5.69 Å². The molecule has 0 unspecified atom stereocenters. The van der Waals surface area contributed by atoms with E-state index in [1.165, 1.54) is 6.07 Å². The summed E-state index contributed by atoms with van der Waals surface area (Å²) >= 11 is 0. The van der Waals surface area contributed by atoms with Crippen LogP contribution in [0.4, 0.5) is 0 Å². The third-order valence-corrected chi connectivity index (χ3v) is 6.20. The number of hydrogen-bond donors (Lipinski definition) is 2. The Morgan fingerprint density at radius 1 is 1.07 bits per heavy atom. The van der Waals surface area contributed by atoms with Crippen LogP contribution in [0, 0.1) is 0 Å². The van der Waals surface area contributed by atoms with Crippen molar-refractivity contribution in [2.45, 2.75) is 50.8 Å². The summed E-state index contributed by atoms with van der Waals surface area (Å²) in [5, 5.41) is 12.5. The average Bonchev–Trinajstić information content (AvgIpc) is 3.07. The highest BCUT2D eigenvalue weighted by Crippen LogP contribution is 2.35. The van der Waals surface area contributed by atoms with E-state index in [0.29, 0.717) is 18.7 Å². The van der Waals surface area contributed by atoms with Gasteiger partial charge in [-0.2, -0.15) is 0 Å². The Labute approximate surface area is 168 Å². The van der Waals surface area contributed by atoms with Gasteiger partial charge in [0.2, 0.25) is 5.56 Å². The number of aliphatic hydroxyl groups is 1. The van der Waals surface area contributed by atoms with E-state index in [1.807, 2.05) is 29.2 Å². The minimum atomic E-state index is -0.464. The SMILES string of the molecule is O=C1c2nc(Cc3ccc(=O)[nH]c3)c3ccccc3c2CN1[C@H]1CCCC[C@@H]1O. The van der Waals surface area contributed by atoms with Gasteiger partial charge in [-0.3, -0.25) is 9.59 Å². The fraction of sp³-hybridized carbons (Fsp3) is 0.348. The Hall–Kier alpha value is -2.99. The monoisotopic (exact) mass is 389 g/mol. The molecule has 6 nitrogen and oxygen atoms in total. The summed E-state index contributed by atoms with van der Waals surface area (Å²) in [6.45, 7) is 0.502. The van der Waals surface area contributed by atoms with E-state index >= 15 is 0 Å².